The van der Waals surface area contributed by atoms with Crippen LogP contribution < -0.4 is 0 Å². The Morgan fingerprint density at radius 3 is 2.06 bits per heavy atom. The van der Waals surface area contributed by atoms with Crippen molar-refractivity contribution >= 4 is 0 Å². The van der Waals surface area contributed by atoms with Crippen LogP contribution in [0.2, 0.25) is 0 Å². The molecular weight excluding hydrogens is 199 g/mol. The molecule has 0 unspecified atom stereocenters. The second kappa shape index (κ2) is 4.93. The third-order valence-electron chi connectivity index (χ3n) is 2.88. The molecule has 0 N–H and O–H groups in total. The molecule has 0 aliphatic heterocycles. The Kier molecular flexibility index (Phi) is 3.35. The lowest BCUT2D eigenvalue weighted by molar-refractivity contribution is 0.608. The van der Waals surface area contributed by atoms with Crippen molar-refractivity contribution in [3.05, 3.63) is 71.0 Å². The molecule has 2 aromatic rings. The fourth-order valence-corrected chi connectivity index (χ4v) is 1.86. The molecule has 0 aliphatic rings. The molecule has 0 heterocycles. The summed E-state index contributed by atoms with van der Waals surface area (Å²) in [6.07, 6.45) is 1.66. The van der Waals surface area contributed by atoms with Crippen LogP contribution in [0.25, 0.3) is 0 Å². The van der Waals surface area contributed by atoms with Crippen molar-refractivity contribution in [1.29, 1.82) is 0 Å². The Labute approximate surface area is 95.7 Å². The Morgan fingerprint density at radius 1 is 0.812 bits per heavy atom. The van der Waals surface area contributed by atoms with E-state index in [4.69, 9.17) is 0 Å². The van der Waals surface area contributed by atoms with Gasteiger partial charge in [-0.25, -0.2) is 4.39 Å². The molecular formula is C15H15F. The molecule has 0 saturated heterocycles. The predicted molar refractivity (Wildman–Crippen MR) is 65.0 cm³/mol. The Balaban J connectivity index is 2.09. The van der Waals surface area contributed by atoms with Crippen molar-refractivity contribution in [1.82, 2.24) is 0 Å². The number of benzene rings is 2. The van der Waals surface area contributed by atoms with Gasteiger partial charge in [0.2, 0.25) is 0 Å². The lowest BCUT2D eigenvalue weighted by atomic mass is 10.0. The molecule has 0 atom stereocenters. The molecule has 1 heteroatoms. The van der Waals surface area contributed by atoms with E-state index in [0.29, 0.717) is 0 Å². The fraction of sp³-hybridized carbons (Fsp3) is 0.200. The first-order valence-electron chi connectivity index (χ1n) is 5.55. The second-order valence-corrected chi connectivity index (χ2v) is 4.02. The highest BCUT2D eigenvalue weighted by atomic mass is 19.1. The van der Waals surface area contributed by atoms with E-state index in [1.54, 1.807) is 6.07 Å². The minimum absolute atomic E-state index is 0.101. The third kappa shape index (κ3) is 2.48. The number of halogens is 1. The SMILES string of the molecule is Cc1ccccc1CCc1ccccc1F. The number of hydrogen-bond acceptors (Lipinski definition) is 0. The maximum Gasteiger partial charge on any atom is 0.126 e. The molecule has 16 heavy (non-hydrogen) atoms. The molecule has 82 valence electrons. The second-order valence-electron chi connectivity index (χ2n) is 4.02. The van der Waals surface area contributed by atoms with Gasteiger partial charge in [0.15, 0.2) is 0 Å². The summed E-state index contributed by atoms with van der Waals surface area (Å²) in [7, 11) is 0. The van der Waals surface area contributed by atoms with Crippen molar-refractivity contribution in [2.24, 2.45) is 0 Å². The van der Waals surface area contributed by atoms with Crippen LogP contribution in [-0.2, 0) is 12.8 Å². The smallest absolute Gasteiger partial charge is 0.126 e. The van der Waals surface area contributed by atoms with E-state index in [1.807, 2.05) is 24.3 Å². The summed E-state index contributed by atoms with van der Waals surface area (Å²) in [4.78, 5) is 0. The normalized spacial score (nSPS) is 10.4. The zero-order valence-electron chi connectivity index (χ0n) is 9.41. The highest BCUT2D eigenvalue weighted by Crippen LogP contribution is 2.13. The third-order valence-corrected chi connectivity index (χ3v) is 2.88. The van der Waals surface area contributed by atoms with Gasteiger partial charge in [0.1, 0.15) is 5.82 Å². The van der Waals surface area contributed by atoms with Gasteiger partial charge in [-0.2, -0.15) is 0 Å². The van der Waals surface area contributed by atoms with Gasteiger partial charge < -0.3 is 0 Å². The molecule has 0 aromatic heterocycles. The molecule has 0 aliphatic carbocycles. The Morgan fingerprint density at radius 2 is 1.38 bits per heavy atom. The van der Waals surface area contributed by atoms with E-state index in [9.17, 15) is 4.39 Å². The molecule has 0 fully saturated rings. The van der Waals surface area contributed by atoms with Gasteiger partial charge in [-0.15, -0.1) is 0 Å². The van der Waals surface area contributed by atoms with Crippen molar-refractivity contribution in [2.45, 2.75) is 19.8 Å². The van der Waals surface area contributed by atoms with Crippen LogP contribution in [0.15, 0.2) is 48.5 Å². The maximum atomic E-state index is 13.4. The van der Waals surface area contributed by atoms with Crippen LogP contribution >= 0.6 is 0 Å². The summed E-state index contributed by atoms with van der Waals surface area (Å²) < 4.78 is 13.4. The van der Waals surface area contributed by atoms with Gasteiger partial charge in [0.25, 0.3) is 0 Å². The van der Waals surface area contributed by atoms with E-state index in [0.717, 1.165) is 18.4 Å². The van der Waals surface area contributed by atoms with E-state index in [2.05, 4.69) is 19.1 Å². The minimum atomic E-state index is -0.101. The summed E-state index contributed by atoms with van der Waals surface area (Å²) in [5.41, 5.74) is 3.37. The maximum absolute atomic E-state index is 13.4. The highest BCUT2D eigenvalue weighted by molar-refractivity contribution is 5.27. The zero-order valence-corrected chi connectivity index (χ0v) is 9.41. The van der Waals surface area contributed by atoms with Gasteiger partial charge in [-0.3, -0.25) is 0 Å². The topological polar surface area (TPSA) is 0 Å². The van der Waals surface area contributed by atoms with Crippen LogP contribution in [0.4, 0.5) is 4.39 Å². The zero-order chi connectivity index (χ0) is 11.4. The van der Waals surface area contributed by atoms with Gasteiger partial charge in [0.05, 0.1) is 0 Å². The fourth-order valence-electron chi connectivity index (χ4n) is 1.86. The van der Waals surface area contributed by atoms with Crippen LogP contribution in [0.1, 0.15) is 16.7 Å². The summed E-state index contributed by atoms with van der Waals surface area (Å²) >= 11 is 0. The average Bonchev–Trinajstić information content (AvgIpc) is 2.30. The van der Waals surface area contributed by atoms with Crippen molar-refractivity contribution < 1.29 is 4.39 Å². The Hall–Kier alpha value is -1.63. The van der Waals surface area contributed by atoms with Crippen LogP contribution in [0, 0.1) is 12.7 Å². The van der Waals surface area contributed by atoms with E-state index in [1.165, 1.54) is 17.2 Å². The molecule has 0 spiro atoms. The van der Waals surface area contributed by atoms with Crippen LogP contribution in [-0.4, -0.2) is 0 Å². The monoisotopic (exact) mass is 214 g/mol. The van der Waals surface area contributed by atoms with Crippen LogP contribution in [0.5, 0.6) is 0 Å². The van der Waals surface area contributed by atoms with Crippen molar-refractivity contribution in [3.8, 4) is 0 Å². The largest absolute Gasteiger partial charge is 0.207 e. The van der Waals surface area contributed by atoms with E-state index in [-0.39, 0.29) is 5.82 Å². The van der Waals surface area contributed by atoms with Crippen molar-refractivity contribution in [3.63, 3.8) is 0 Å². The number of aryl methyl sites for hydroxylation is 3. The first kappa shape index (κ1) is 10.9. The molecule has 0 saturated carbocycles. The highest BCUT2D eigenvalue weighted by Gasteiger charge is 2.02. The minimum Gasteiger partial charge on any atom is -0.207 e. The molecule has 2 rings (SSSR count). The van der Waals surface area contributed by atoms with Gasteiger partial charge in [-0.1, -0.05) is 42.5 Å². The van der Waals surface area contributed by atoms with E-state index >= 15 is 0 Å². The summed E-state index contributed by atoms with van der Waals surface area (Å²) in [6, 6.07) is 15.3. The first-order valence-corrected chi connectivity index (χ1v) is 5.55. The predicted octanol–water partition coefficient (Wildman–Crippen LogP) is 3.92. The summed E-state index contributed by atoms with van der Waals surface area (Å²) in [6.45, 7) is 2.09. The molecule has 0 nitrogen and oxygen atoms in total. The lowest BCUT2D eigenvalue weighted by Crippen LogP contribution is -1.96. The standard InChI is InChI=1S/C15H15F/c1-12-6-2-3-7-13(12)10-11-14-8-4-5-9-15(14)16/h2-9H,10-11H2,1H3. The average molecular weight is 214 g/mol. The number of rotatable bonds is 3. The van der Waals surface area contributed by atoms with Crippen molar-refractivity contribution in [2.75, 3.05) is 0 Å². The molecule has 0 amide bonds. The van der Waals surface area contributed by atoms with Gasteiger partial charge in [-0.05, 0) is 42.5 Å². The van der Waals surface area contributed by atoms with Gasteiger partial charge >= 0.3 is 0 Å². The molecule has 0 bridgehead atoms. The number of hydrogen-bond donors (Lipinski definition) is 0. The molecule has 0 radical (unpaired) electrons. The Bertz CT molecular complexity index is 429. The van der Waals surface area contributed by atoms with E-state index < -0.39 is 0 Å². The quantitative estimate of drug-likeness (QED) is 0.726. The summed E-state index contributed by atoms with van der Waals surface area (Å²) in [5, 5.41) is 0. The van der Waals surface area contributed by atoms with Crippen LogP contribution in [0.3, 0.4) is 0 Å². The summed E-state index contributed by atoms with van der Waals surface area (Å²) in [5.74, 6) is -0.101. The molecule has 2 aromatic carbocycles. The van der Waals surface area contributed by atoms with Gasteiger partial charge in [0, 0.05) is 0 Å². The first-order chi connectivity index (χ1) is 7.77. The lowest BCUT2D eigenvalue weighted by Gasteiger charge is -2.06.